The van der Waals surface area contributed by atoms with Gasteiger partial charge in [-0.3, -0.25) is 14.3 Å². The van der Waals surface area contributed by atoms with Gasteiger partial charge in [-0.2, -0.15) is 0 Å². The Morgan fingerprint density at radius 1 is 1.09 bits per heavy atom. The summed E-state index contributed by atoms with van der Waals surface area (Å²) in [6.45, 7) is 10.5. The molecule has 0 spiro atoms. The van der Waals surface area contributed by atoms with Gasteiger partial charge in [0.05, 0.1) is 11.4 Å². The fourth-order valence-corrected chi connectivity index (χ4v) is 5.37. The number of piperidine rings is 1. The predicted molar refractivity (Wildman–Crippen MR) is 129 cm³/mol. The van der Waals surface area contributed by atoms with Crippen molar-refractivity contribution in [1.29, 1.82) is 0 Å². The van der Waals surface area contributed by atoms with Crippen molar-refractivity contribution in [3.8, 4) is 17.1 Å². The SMILES string of the molecule is CC(C)c1ccccc1-n1c(SCC(=O)N2C[C@@H](C)C[C@H](C)C2)nnc1-c1cccnc1. The van der Waals surface area contributed by atoms with Crippen molar-refractivity contribution in [1.82, 2.24) is 24.6 Å². The van der Waals surface area contributed by atoms with E-state index in [-0.39, 0.29) is 5.91 Å². The molecule has 1 aromatic carbocycles. The number of thioether (sulfide) groups is 1. The number of rotatable bonds is 6. The van der Waals surface area contributed by atoms with E-state index in [1.807, 2.05) is 23.1 Å². The van der Waals surface area contributed by atoms with E-state index >= 15 is 0 Å². The van der Waals surface area contributed by atoms with Gasteiger partial charge >= 0.3 is 0 Å². The average molecular weight is 450 g/mol. The Morgan fingerprint density at radius 3 is 2.53 bits per heavy atom. The molecule has 0 N–H and O–H groups in total. The topological polar surface area (TPSA) is 63.9 Å². The molecule has 0 bridgehead atoms. The largest absolute Gasteiger partial charge is 0.341 e. The van der Waals surface area contributed by atoms with Crippen LogP contribution in [-0.2, 0) is 4.79 Å². The number of carbonyl (C=O) groups is 1. The molecule has 0 radical (unpaired) electrons. The summed E-state index contributed by atoms with van der Waals surface area (Å²) in [5, 5.41) is 9.72. The van der Waals surface area contributed by atoms with E-state index in [1.165, 1.54) is 23.7 Å². The van der Waals surface area contributed by atoms with Crippen LogP contribution in [0.3, 0.4) is 0 Å². The molecular formula is C25H31N5OS. The van der Waals surface area contributed by atoms with Crippen LogP contribution in [0.4, 0.5) is 0 Å². The zero-order chi connectivity index (χ0) is 22.7. The highest BCUT2D eigenvalue weighted by Gasteiger charge is 2.26. The monoisotopic (exact) mass is 449 g/mol. The fraction of sp³-hybridized carbons (Fsp3) is 0.440. The fourth-order valence-electron chi connectivity index (χ4n) is 4.53. The molecular weight excluding hydrogens is 418 g/mol. The maximum absolute atomic E-state index is 13.0. The lowest BCUT2D eigenvalue weighted by Gasteiger charge is -2.35. The van der Waals surface area contributed by atoms with Gasteiger partial charge in [0.25, 0.3) is 0 Å². The second kappa shape index (κ2) is 9.86. The van der Waals surface area contributed by atoms with E-state index in [1.54, 1.807) is 12.4 Å². The Kier molecular flexibility index (Phi) is 6.94. The van der Waals surface area contributed by atoms with Crippen LogP contribution in [-0.4, -0.2) is 49.4 Å². The minimum absolute atomic E-state index is 0.169. The first-order valence-electron chi connectivity index (χ1n) is 11.3. The standard InChI is InChI=1S/C25H31N5OS/c1-17(2)21-9-5-6-10-22(21)30-24(20-8-7-11-26-13-20)27-28-25(30)32-16-23(31)29-14-18(3)12-19(4)15-29/h5-11,13,17-19H,12,14-16H2,1-4H3/t18-,19-/m0/s1. The summed E-state index contributed by atoms with van der Waals surface area (Å²) < 4.78 is 2.08. The van der Waals surface area contributed by atoms with E-state index in [4.69, 9.17) is 0 Å². The van der Waals surface area contributed by atoms with Crippen molar-refractivity contribution in [3.05, 3.63) is 54.4 Å². The molecule has 0 unspecified atom stereocenters. The highest BCUT2D eigenvalue weighted by Crippen LogP contribution is 2.32. The smallest absolute Gasteiger partial charge is 0.233 e. The third-order valence-electron chi connectivity index (χ3n) is 5.90. The maximum Gasteiger partial charge on any atom is 0.233 e. The lowest BCUT2D eigenvalue weighted by atomic mass is 9.92. The average Bonchev–Trinajstić information content (AvgIpc) is 3.21. The molecule has 168 valence electrons. The number of benzene rings is 1. The van der Waals surface area contributed by atoms with Gasteiger partial charge < -0.3 is 4.90 Å². The first-order chi connectivity index (χ1) is 15.4. The van der Waals surface area contributed by atoms with Gasteiger partial charge in [-0.05, 0) is 47.9 Å². The number of nitrogens with zero attached hydrogens (tertiary/aromatic N) is 5. The lowest BCUT2D eigenvalue weighted by molar-refractivity contribution is -0.130. The number of carbonyl (C=O) groups excluding carboxylic acids is 1. The van der Waals surface area contributed by atoms with Crippen molar-refractivity contribution in [2.75, 3.05) is 18.8 Å². The van der Waals surface area contributed by atoms with Gasteiger partial charge in [0.1, 0.15) is 0 Å². The highest BCUT2D eigenvalue weighted by molar-refractivity contribution is 7.99. The quantitative estimate of drug-likeness (QED) is 0.493. The number of para-hydroxylation sites is 1. The molecule has 32 heavy (non-hydrogen) atoms. The van der Waals surface area contributed by atoms with E-state index in [0.29, 0.717) is 23.5 Å². The van der Waals surface area contributed by atoms with Crippen molar-refractivity contribution in [2.45, 2.75) is 45.2 Å². The minimum Gasteiger partial charge on any atom is -0.341 e. The molecule has 6 nitrogen and oxygen atoms in total. The Bertz CT molecular complexity index is 1060. The molecule has 0 aliphatic carbocycles. The minimum atomic E-state index is 0.169. The van der Waals surface area contributed by atoms with Gasteiger partial charge in [-0.1, -0.05) is 57.7 Å². The molecule has 0 saturated carbocycles. The molecule has 1 amide bonds. The summed E-state index contributed by atoms with van der Waals surface area (Å²) >= 11 is 1.46. The molecule has 1 aliphatic heterocycles. The molecule has 3 heterocycles. The third-order valence-corrected chi connectivity index (χ3v) is 6.81. The first-order valence-corrected chi connectivity index (χ1v) is 12.3. The summed E-state index contributed by atoms with van der Waals surface area (Å²) in [4.78, 5) is 19.3. The van der Waals surface area contributed by atoms with E-state index in [2.05, 4.69) is 65.6 Å². The van der Waals surface area contributed by atoms with Crippen LogP contribution in [0.2, 0.25) is 0 Å². The summed E-state index contributed by atoms with van der Waals surface area (Å²) in [6.07, 6.45) is 4.74. The summed E-state index contributed by atoms with van der Waals surface area (Å²) in [5.74, 6) is 2.70. The lowest BCUT2D eigenvalue weighted by Crippen LogP contribution is -2.43. The molecule has 1 aliphatic rings. The summed E-state index contributed by atoms with van der Waals surface area (Å²) in [5.41, 5.74) is 3.15. The van der Waals surface area contributed by atoms with Gasteiger partial charge in [0, 0.05) is 31.0 Å². The number of likely N-dealkylation sites (tertiary alicyclic amines) is 1. The van der Waals surface area contributed by atoms with Crippen LogP contribution in [0.15, 0.2) is 53.9 Å². The molecule has 1 saturated heterocycles. The molecule has 7 heteroatoms. The van der Waals surface area contributed by atoms with Gasteiger partial charge in [-0.15, -0.1) is 10.2 Å². The van der Waals surface area contributed by atoms with Gasteiger partial charge in [-0.25, -0.2) is 0 Å². The number of hydrogen-bond donors (Lipinski definition) is 0. The number of pyridine rings is 1. The molecule has 3 aromatic rings. The molecule has 2 atom stereocenters. The van der Waals surface area contributed by atoms with Crippen molar-refractivity contribution in [3.63, 3.8) is 0 Å². The molecule has 4 rings (SSSR count). The van der Waals surface area contributed by atoms with Crippen molar-refractivity contribution >= 4 is 17.7 Å². The maximum atomic E-state index is 13.0. The Balaban J connectivity index is 1.66. The third kappa shape index (κ3) is 4.88. The number of amides is 1. The van der Waals surface area contributed by atoms with Crippen LogP contribution in [0.1, 0.15) is 45.6 Å². The van der Waals surface area contributed by atoms with E-state index in [0.717, 1.165) is 35.3 Å². The molecule has 1 fully saturated rings. The van der Waals surface area contributed by atoms with Gasteiger partial charge in [0.15, 0.2) is 11.0 Å². The number of hydrogen-bond acceptors (Lipinski definition) is 5. The number of aromatic nitrogens is 4. The zero-order valence-corrected chi connectivity index (χ0v) is 20.0. The summed E-state index contributed by atoms with van der Waals surface area (Å²) in [6, 6.07) is 12.2. The Labute approximate surface area is 194 Å². The van der Waals surface area contributed by atoms with Crippen LogP contribution >= 0.6 is 11.8 Å². The summed E-state index contributed by atoms with van der Waals surface area (Å²) in [7, 11) is 0. The Hall–Kier alpha value is -2.67. The van der Waals surface area contributed by atoms with Crippen molar-refractivity contribution < 1.29 is 4.79 Å². The van der Waals surface area contributed by atoms with E-state index < -0.39 is 0 Å². The normalized spacial score (nSPS) is 18.8. The predicted octanol–water partition coefficient (Wildman–Crippen LogP) is 5.05. The Morgan fingerprint density at radius 2 is 1.84 bits per heavy atom. The second-order valence-corrected chi connectivity index (χ2v) is 10.1. The van der Waals surface area contributed by atoms with Gasteiger partial charge in [0.2, 0.25) is 5.91 Å². The first kappa shape index (κ1) is 22.5. The van der Waals surface area contributed by atoms with Crippen LogP contribution in [0, 0.1) is 11.8 Å². The van der Waals surface area contributed by atoms with Crippen LogP contribution < -0.4 is 0 Å². The zero-order valence-electron chi connectivity index (χ0n) is 19.2. The molecule has 2 aromatic heterocycles. The van der Waals surface area contributed by atoms with Crippen LogP contribution in [0.5, 0.6) is 0 Å². The highest BCUT2D eigenvalue weighted by atomic mass is 32.2. The second-order valence-electron chi connectivity index (χ2n) is 9.13. The van der Waals surface area contributed by atoms with Crippen molar-refractivity contribution in [2.24, 2.45) is 11.8 Å². The van der Waals surface area contributed by atoms with Crippen LogP contribution in [0.25, 0.3) is 17.1 Å². The van der Waals surface area contributed by atoms with E-state index in [9.17, 15) is 4.79 Å².